The van der Waals surface area contributed by atoms with Gasteiger partial charge in [0.25, 0.3) is 0 Å². The summed E-state index contributed by atoms with van der Waals surface area (Å²) in [4.78, 5) is 7.60. The first-order chi connectivity index (χ1) is 7.28. The van der Waals surface area contributed by atoms with Crippen LogP contribution in [0.1, 0.15) is 6.42 Å². The van der Waals surface area contributed by atoms with Crippen molar-refractivity contribution >= 4 is 5.95 Å². The number of hydrogen-bond donors (Lipinski definition) is 2. The predicted molar refractivity (Wildman–Crippen MR) is 53.7 cm³/mol. The summed E-state index contributed by atoms with van der Waals surface area (Å²) in [6.45, 7) is 0.152. The Morgan fingerprint density at radius 1 is 1.40 bits per heavy atom. The number of halogens is 1. The van der Waals surface area contributed by atoms with Crippen LogP contribution in [-0.2, 0) is 0 Å². The van der Waals surface area contributed by atoms with Crippen molar-refractivity contribution in [2.24, 2.45) is 5.92 Å². The molecule has 0 saturated carbocycles. The summed E-state index contributed by atoms with van der Waals surface area (Å²) in [5.74, 6) is 0.156. The molecule has 2 N–H and O–H groups in total. The van der Waals surface area contributed by atoms with Crippen molar-refractivity contribution in [2.45, 2.75) is 12.5 Å². The fourth-order valence-electron chi connectivity index (χ4n) is 1.57. The Balaban J connectivity index is 1.93. The van der Waals surface area contributed by atoms with Gasteiger partial charge < -0.3 is 10.4 Å². The normalized spacial score (nSPS) is 24.4. The molecule has 0 aromatic carbocycles. The summed E-state index contributed by atoms with van der Waals surface area (Å²) in [5, 5.41) is 12.0. The summed E-state index contributed by atoms with van der Waals surface area (Å²) in [6.07, 6.45) is 6.99. The first kappa shape index (κ1) is 10.0. The van der Waals surface area contributed by atoms with E-state index in [9.17, 15) is 4.39 Å². The van der Waals surface area contributed by atoms with Crippen LogP contribution in [0.2, 0.25) is 0 Å². The van der Waals surface area contributed by atoms with E-state index in [1.165, 1.54) is 0 Å². The van der Waals surface area contributed by atoms with Gasteiger partial charge in [-0.25, -0.2) is 14.4 Å². The molecule has 0 radical (unpaired) electrons. The van der Waals surface area contributed by atoms with Gasteiger partial charge in [-0.2, -0.15) is 0 Å². The molecule has 1 heterocycles. The Hall–Kier alpha value is -1.49. The number of aliphatic hydroxyl groups is 1. The van der Waals surface area contributed by atoms with Gasteiger partial charge >= 0.3 is 0 Å². The third-order valence-corrected chi connectivity index (χ3v) is 2.34. The van der Waals surface area contributed by atoms with Gasteiger partial charge in [0.05, 0.1) is 12.4 Å². The van der Waals surface area contributed by atoms with Crippen LogP contribution in [0.15, 0.2) is 24.5 Å². The van der Waals surface area contributed by atoms with E-state index in [1.807, 2.05) is 12.2 Å². The number of hydrogen-bond acceptors (Lipinski definition) is 4. The van der Waals surface area contributed by atoms with Gasteiger partial charge in [0.2, 0.25) is 5.95 Å². The molecule has 0 saturated heterocycles. The molecule has 0 bridgehead atoms. The highest BCUT2D eigenvalue weighted by atomic mass is 19.1. The van der Waals surface area contributed by atoms with E-state index in [1.54, 1.807) is 0 Å². The number of nitrogens with one attached hydrogen (secondary N) is 1. The lowest BCUT2D eigenvalue weighted by Crippen LogP contribution is -2.18. The molecule has 4 nitrogen and oxygen atoms in total. The molecule has 15 heavy (non-hydrogen) atoms. The summed E-state index contributed by atoms with van der Waals surface area (Å²) in [6, 6.07) is 0.118. The van der Waals surface area contributed by atoms with Crippen LogP contribution in [0.5, 0.6) is 0 Å². The van der Waals surface area contributed by atoms with Crippen LogP contribution < -0.4 is 5.32 Å². The Bertz CT molecular complexity index is 352. The van der Waals surface area contributed by atoms with Gasteiger partial charge in [0.1, 0.15) is 0 Å². The van der Waals surface area contributed by atoms with Gasteiger partial charge in [-0.15, -0.1) is 0 Å². The van der Waals surface area contributed by atoms with Crippen molar-refractivity contribution in [1.82, 2.24) is 9.97 Å². The highest BCUT2D eigenvalue weighted by Crippen LogP contribution is 2.19. The third-order valence-electron chi connectivity index (χ3n) is 2.34. The van der Waals surface area contributed by atoms with Crippen molar-refractivity contribution in [3.63, 3.8) is 0 Å². The lowest BCUT2D eigenvalue weighted by Gasteiger charge is -2.11. The lowest BCUT2D eigenvalue weighted by atomic mass is 10.1. The summed E-state index contributed by atoms with van der Waals surface area (Å²) in [5.41, 5.74) is 0. The van der Waals surface area contributed by atoms with Crippen LogP contribution in [0, 0.1) is 11.7 Å². The van der Waals surface area contributed by atoms with Crippen LogP contribution in [0.4, 0.5) is 10.3 Å². The molecule has 0 fully saturated rings. The highest BCUT2D eigenvalue weighted by Gasteiger charge is 2.18. The summed E-state index contributed by atoms with van der Waals surface area (Å²) < 4.78 is 12.5. The van der Waals surface area contributed by atoms with E-state index in [4.69, 9.17) is 5.11 Å². The summed E-state index contributed by atoms with van der Waals surface area (Å²) in [7, 11) is 0. The first-order valence-electron chi connectivity index (χ1n) is 4.81. The van der Waals surface area contributed by atoms with Gasteiger partial charge in [-0.3, -0.25) is 0 Å². The topological polar surface area (TPSA) is 58.0 Å². The molecule has 5 heteroatoms. The molecule has 80 valence electrons. The molecule has 1 aromatic rings. The van der Waals surface area contributed by atoms with Crippen LogP contribution in [0.25, 0.3) is 0 Å². The highest BCUT2D eigenvalue weighted by molar-refractivity contribution is 5.29. The average Bonchev–Trinajstić information content (AvgIpc) is 2.69. The second kappa shape index (κ2) is 4.35. The van der Waals surface area contributed by atoms with E-state index in [2.05, 4.69) is 15.3 Å². The minimum absolute atomic E-state index is 0.118. The van der Waals surface area contributed by atoms with Gasteiger partial charge in [-0.1, -0.05) is 12.2 Å². The molecule has 0 unspecified atom stereocenters. The molecule has 0 amide bonds. The van der Waals surface area contributed by atoms with E-state index in [0.29, 0.717) is 5.95 Å². The number of aromatic nitrogens is 2. The number of anilines is 1. The Kier molecular flexibility index (Phi) is 2.91. The fraction of sp³-hybridized carbons (Fsp3) is 0.400. The molecule has 2 rings (SSSR count). The van der Waals surface area contributed by atoms with E-state index in [-0.39, 0.29) is 18.6 Å². The minimum atomic E-state index is -0.448. The fourth-order valence-corrected chi connectivity index (χ4v) is 1.57. The van der Waals surface area contributed by atoms with E-state index >= 15 is 0 Å². The van der Waals surface area contributed by atoms with Crippen molar-refractivity contribution in [2.75, 3.05) is 11.9 Å². The molecular formula is C10H12FN3O. The van der Waals surface area contributed by atoms with E-state index < -0.39 is 5.82 Å². The molecule has 2 atom stereocenters. The SMILES string of the molecule is OC[C@H]1C=C[C@@H](Nc2ncc(F)cn2)C1. The van der Waals surface area contributed by atoms with Crippen LogP contribution in [0.3, 0.4) is 0 Å². The largest absolute Gasteiger partial charge is 0.396 e. The van der Waals surface area contributed by atoms with Crippen LogP contribution in [-0.4, -0.2) is 27.7 Å². The van der Waals surface area contributed by atoms with Gasteiger partial charge in [0, 0.05) is 18.6 Å². The Morgan fingerprint density at radius 3 is 2.73 bits per heavy atom. The molecular weight excluding hydrogens is 197 g/mol. The zero-order valence-corrected chi connectivity index (χ0v) is 8.10. The maximum atomic E-state index is 12.5. The molecule has 1 aromatic heterocycles. The summed E-state index contributed by atoms with van der Waals surface area (Å²) >= 11 is 0. The monoisotopic (exact) mass is 209 g/mol. The second-order valence-corrected chi connectivity index (χ2v) is 3.54. The molecule has 1 aliphatic rings. The molecule has 1 aliphatic carbocycles. The van der Waals surface area contributed by atoms with Gasteiger partial charge in [0.15, 0.2) is 5.82 Å². The lowest BCUT2D eigenvalue weighted by molar-refractivity contribution is 0.250. The van der Waals surface area contributed by atoms with Crippen molar-refractivity contribution in [3.8, 4) is 0 Å². The quantitative estimate of drug-likeness (QED) is 0.728. The third kappa shape index (κ3) is 2.50. The van der Waals surface area contributed by atoms with Crippen molar-refractivity contribution < 1.29 is 9.50 Å². The zero-order chi connectivity index (χ0) is 10.7. The van der Waals surface area contributed by atoms with Crippen molar-refractivity contribution in [3.05, 3.63) is 30.4 Å². The predicted octanol–water partition coefficient (Wildman–Crippen LogP) is 0.965. The number of nitrogens with zero attached hydrogens (tertiary/aromatic N) is 2. The zero-order valence-electron chi connectivity index (χ0n) is 8.10. The smallest absolute Gasteiger partial charge is 0.223 e. The maximum absolute atomic E-state index is 12.5. The average molecular weight is 209 g/mol. The molecule has 0 aliphatic heterocycles. The van der Waals surface area contributed by atoms with Gasteiger partial charge in [-0.05, 0) is 6.42 Å². The number of rotatable bonds is 3. The maximum Gasteiger partial charge on any atom is 0.223 e. The van der Waals surface area contributed by atoms with Crippen molar-refractivity contribution in [1.29, 1.82) is 0 Å². The van der Waals surface area contributed by atoms with Crippen LogP contribution >= 0.6 is 0 Å². The second-order valence-electron chi connectivity index (χ2n) is 3.54. The standard InChI is InChI=1S/C10H12FN3O/c11-8-4-12-10(13-5-8)14-9-2-1-7(3-9)6-15/h1-2,4-5,7,9,15H,3,6H2,(H,12,13,14)/t7-,9+/m0/s1. The van der Waals surface area contributed by atoms with E-state index in [0.717, 1.165) is 18.8 Å². The molecule has 0 spiro atoms. The Labute approximate surface area is 86.9 Å². The Morgan fingerprint density at radius 2 is 2.13 bits per heavy atom. The number of aliphatic hydroxyl groups excluding tert-OH is 1. The first-order valence-corrected chi connectivity index (χ1v) is 4.81. The minimum Gasteiger partial charge on any atom is -0.396 e.